The van der Waals surface area contributed by atoms with Crippen molar-refractivity contribution in [2.75, 3.05) is 44.7 Å². The molecule has 1 rings (SSSR count). The Morgan fingerprint density at radius 2 is 1.89 bits per heavy atom. The summed E-state index contributed by atoms with van der Waals surface area (Å²) >= 11 is 5.07. The summed E-state index contributed by atoms with van der Waals surface area (Å²) in [5, 5.41) is 0. The van der Waals surface area contributed by atoms with E-state index < -0.39 is 9.84 Å². The Bertz CT molecular complexity index is 376. The van der Waals surface area contributed by atoms with Gasteiger partial charge in [-0.15, -0.1) is 0 Å². The standard InChI is InChI=1S/C11H23N3O2S2/c1-3-10(11(12)17)14-6-4-13(5-7-14)8-9-18(2,15)16/h10H,3-9H2,1-2H3,(H2,12,17). The van der Waals surface area contributed by atoms with Gasteiger partial charge in [0.25, 0.3) is 0 Å². The molecule has 1 fully saturated rings. The Kier molecular flexibility index (Phi) is 5.97. The summed E-state index contributed by atoms with van der Waals surface area (Å²) in [7, 11) is -2.87. The van der Waals surface area contributed by atoms with Crippen LogP contribution in [0.4, 0.5) is 0 Å². The van der Waals surface area contributed by atoms with E-state index in [0.717, 1.165) is 32.6 Å². The average molecular weight is 293 g/mol. The first-order valence-corrected chi connectivity index (χ1v) is 8.74. The number of nitrogens with zero attached hydrogens (tertiary/aromatic N) is 2. The van der Waals surface area contributed by atoms with E-state index in [2.05, 4.69) is 16.7 Å². The highest BCUT2D eigenvalue weighted by molar-refractivity contribution is 7.90. The molecule has 0 saturated carbocycles. The number of hydrogen-bond acceptors (Lipinski definition) is 5. The van der Waals surface area contributed by atoms with E-state index in [-0.39, 0.29) is 11.8 Å². The fourth-order valence-electron chi connectivity index (χ4n) is 2.23. The van der Waals surface area contributed by atoms with Crippen molar-refractivity contribution >= 4 is 27.0 Å². The minimum Gasteiger partial charge on any atom is -0.392 e. The largest absolute Gasteiger partial charge is 0.392 e. The molecule has 0 radical (unpaired) electrons. The van der Waals surface area contributed by atoms with E-state index in [1.165, 1.54) is 6.26 Å². The van der Waals surface area contributed by atoms with Crippen LogP contribution < -0.4 is 5.73 Å². The third-order valence-electron chi connectivity index (χ3n) is 3.34. The maximum absolute atomic E-state index is 11.1. The van der Waals surface area contributed by atoms with Gasteiger partial charge in [0.05, 0.1) is 16.8 Å². The summed E-state index contributed by atoms with van der Waals surface area (Å²) in [6.45, 7) is 6.28. The van der Waals surface area contributed by atoms with Crippen LogP contribution in [0.1, 0.15) is 13.3 Å². The number of sulfone groups is 1. The highest BCUT2D eigenvalue weighted by atomic mass is 32.2. The van der Waals surface area contributed by atoms with E-state index in [4.69, 9.17) is 18.0 Å². The molecule has 0 bridgehead atoms. The summed E-state index contributed by atoms with van der Waals surface area (Å²) < 4.78 is 22.2. The molecular weight excluding hydrogens is 270 g/mol. The van der Waals surface area contributed by atoms with Gasteiger partial charge in [-0.3, -0.25) is 9.80 Å². The van der Waals surface area contributed by atoms with Gasteiger partial charge >= 0.3 is 0 Å². The van der Waals surface area contributed by atoms with E-state index in [1.807, 2.05) is 0 Å². The number of nitrogens with two attached hydrogens (primary N) is 1. The van der Waals surface area contributed by atoms with Crippen molar-refractivity contribution < 1.29 is 8.42 Å². The topological polar surface area (TPSA) is 66.6 Å². The highest BCUT2D eigenvalue weighted by Crippen LogP contribution is 2.09. The van der Waals surface area contributed by atoms with Crippen molar-refractivity contribution in [3.8, 4) is 0 Å². The molecule has 0 spiro atoms. The molecule has 1 heterocycles. The van der Waals surface area contributed by atoms with E-state index >= 15 is 0 Å². The summed E-state index contributed by atoms with van der Waals surface area (Å²) in [5.74, 6) is 0.236. The van der Waals surface area contributed by atoms with Gasteiger partial charge in [-0.1, -0.05) is 19.1 Å². The van der Waals surface area contributed by atoms with E-state index in [1.54, 1.807) is 0 Å². The van der Waals surface area contributed by atoms with Gasteiger partial charge in [0.2, 0.25) is 0 Å². The molecule has 0 aromatic carbocycles. The molecule has 1 saturated heterocycles. The Morgan fingerprint density at radius 1 is 1.33 bits per heavy atom. The molecule has 1 unspecified atom stereocenters. The quantitative estimate of drug-likeness (QED) is 0.679. The number of thiocarbonyl (C=S) groups is 1. The van der Waals surface area contributed by atoms with Gasteiger partial charge in [0.1, 0.15) is 9.84 Å². The van der Waals surface area contributed by atoms with Crippen LogP contribution in [0.25, 0.3) is 0 Å². The third kappa shape index (κ3) is 5.17. The first kappa shape index (κ1) is 15.8. The van der Waals surface area contributed by atoms with Crippen molar-refractivity contribution in [2.24, 2.45) is 5.73 Å². The normalized spacial score (nSPS) is 20.8. The van der Waals surface area contributed by atoms with Crippen molar-refractivity contribution in [1.82, 2.24) is 9.80 Å². The lowest BCUT2D eigenvalue weighted by Crippen LogP contribution is -2.54. The van der Waals surface area contributed by atoms with Crippen LogP contribution in [0.3, 0.4) is 0 Å². The first-order chi connectivity index (χ1) is 8.33. The monoisotopic (exact) mass is 293 g/mol. The summed E-state index contributed by atoms with van der Waals surface area (Å²) in [5.41, 5.74) is 5.73. The van der Waals surface area contributed by atoms with Crippen molar-refractivity contribution in [3.63, 3.8) is 0 Å². The summed E-state index contributed by atoms with van der Waals surface area (Å²) in [6, 6.07) is 0.178. The lowest BCUT2D eigenvalue weighted by molar-refractivity contribution is 0.121. The zero-order valence-corrected chi connectivity index (χ0v) is 12.8. The Morgan fingerprint density at radius 3 is 2.28 bits per heavy atom. The van der Waals surface area contributed by atoms with Crippen LogP contribution >= 0.6 is 12.2 Å². The third-order valence-corrected chi connectivity index (χ3v) is 4.54. The molecule has 0 aliphatic carbocycles. The van der Waals surface area contributed by atoms with Crippen LogP contribution in [0.5, 0.6) is 0 Å². The first-order valence-electron chi connectivity index (χ1n) is 6.27. The number of rotatable bonds is 6. The van der Waals surface area contributed by atoms with Gasteiger partial charge in [0, 0.05) is 39.0 Å². The minimum atomic E-state index is -2.87. The zero-order chi connectivity index (χ0) is 13.8. The lowest BCUT2D eigenvalue weighted by atomic mass is 10.1. The molecule has 1 aliphatic rings. The Hall–Kier alpha value is -0.240. The molecule has 18 heavy (non-hydrogen) atoms. The van der Waals surface area contributed by atoms with Gasteiger partial charge < -0.3 is 5.73 Å². The van der Waals surface area contributed by atoms with Crippen molar-refractivity contribution in [1.29, 1.82) is 0 Å². The SMILES string of the molecule is CCC(C(N)=S)N1CCN(CCS(C)(=O)=O)CC1. The van der Waals surface area contributed by atoms with Crippen LogP contribution in [0.2, 0.25) is 0 Å². The molecule has 1 aliphatic heterocycles. The summed E-state index contributed by atoms with van der Waals surface area (Å²) in [6.07, 6.45) is 2.21. The van der Waals surface area contributed by atoms with Gasteiger partial charge in [-0.05, 0) is 6.42 Å². The van der Waals surface area contributed by atoms with Crippen LogP contribution in [-0.4, -0.2) is 74.0 Å². The lowest BCUT2D eigenvalue weighted by Gasteiger charge is -2.38. The van der Waals surface area contributed by atoms with Crippen molar-refractivity contribution in [3.05, 3.63) is 0 Å². The highest BCUT2D eigenvalue weighted by Gasteiger charge is 2.24. The van der Waals surface area contributed by atoms with Gasteiger partial charge in [-0.25, -0.2) is 8.42 Å². The zero-order valence-electron chi connectivity index (χ0n) is 11.1. The molecule has 106 valence electrons. The predicted molar refractivity (Wildman–Crippen MR) is 78.6 cm³/mol. The maximum Gasteiger partial charge on any atom is 0.148 e. The smallest absolute Gasteiger partial charge is 0.148 e. The number of hydrogen-bond donors (Lipinski definition) is 1. The maximum atomic E-state index is 11.1. The molecule has 1 atom stereocenters. The average Bonchev–Trinajstić information content (AvgIpc) is 2.27. The molecule has 5 nitrogen and oxygen atoms in total. The van der Waals surface area contributed by atoms with E-state index in [9.17, 15) is 8.42 Å². The minimum absolute atomic E-state index is 0.178. The molecule has 0 aromatic rings. The van der Waals surface area contributed by atoms with E-state index in [0.29, 0.717) is 11.5 Å². The number of piperazine rings is 1. The second-order valence-electron chi connectivity index (χ2n) is 4.83. The van der Waals surface area contributed by atoms with Crippen LogP contribution in [-0.2, 0) is 9.84 Å². The fourth-order valence-corrected chi connectivity index (χ4v) is 3.14. The predicted octanol–water partition coefficient (Wildman–Crippen LogP) is -0.287. The Balaban J connectivity index is 2.39. The fraction of sp³-hybridized carbons (Fsp3) is 0.909. The Labute approximate surface area is 115 Å². The molecule has 0 aromatic heterocycles. The van der Waals surface area contributed by atoms with Crippen molar-refractivity contribution in [2.45, 2.75) is 19.4 Å². The van der Waals surface area contributed by atoms with Crippen LogP contribution in [0, 0.1) is 0 Å². The summed E-state index contributed by atoms with van der Waals surface area (Å²) in [4.78, 5) is 5.03. The molecule has 0 amide bonds. The molecule has 2 N–H and O–H groups in total. The van der Waals surface area contributed by atoms with Crippen LogP contribution in [0.15, 0.2) is 0 Å². The second kappa shape index (κ2) is 6.79. The molecular formula is C11H23N3O2S2. The van der Waals surface area contributed by atoms with Gasteiger partial charge in [0.15, 0.2) is 0 Å². The second-order valence-corrected chi connectivity index (χ2v) is 7.57. The van der Waals surface area contributed by atoms with Gasteiger partial charge in [-0.2, -0.15) is 0 Å². The molecule has 7 heteroatoms.